The molecule has 0 heterocycles. The summed E-state index contributed by atoms with van der Waals surface area (Å²) >= 11 is 0. The minimum Gasteiger partial charge on any atom is -1.00 e. The molecule has 0 amide bonds. The molecule has 0 radical (unpaired) electrons. The van der Waals surface area contributed by atoms with Gasteiger partial charge in [-0.25, -0.2) is 12.2 Å². The van der Waals surface area contributed by atoms with Gasteiger partial charge in [-0.15, -0.1) is 0 Å². The van der Waals surface area contributed by atoms with Crippen LogP contribution in [0.25, 0.3) is 0 Å². The smallest absolute Gasteiger partial charge is 1.00 e. The number of halogens is 3. The first-order valence-corrected chi connectivity index (χ1v) is 5.88. The van der Waals surface area contributed by atoms with Crippen LogP contribution in [0.15, 0.2) is 35.9 Å². The molecular formula is C16H19Cl3Ti. The fourth-order valence-electron chi connectivity index (χ4n) is 2.78. The molecule has 1 aromatic carbocycles. The summed E-state index contributed by atoms with van der Waals surface area (Å²) in [6.45, 7) is 9.01. The van der Waals surface area contributed by atoms with Gasteiger partial charge in [-0.05, 0) is 36.0 Å². The van der Waals surface area contributed by atoms with Gasteiger partial charge in [0.15, 0.2) is 0 Å². The molecule has 20 heavy (non-hydrogen) atoms. The quantitative estimate of drug-likeness (QED) is 0.365. The molecule has 0 atom stereocenters. The minimum absolute atomic E-state index is 0. The number of allylic oxidation sites excluding steroid dienone is 4. The summed E-state index contributed by atoms with van der Waals surface area (Å²) in [7, 11) is 0. The third-order valence-corrected chi connectivity index (χ3v) is 3.56. The number of rotatable bonds is 2. The van der Waals surface area contributed by atoms with E-state index in [4.69, 9.17) is 0 Å². The summed E-state index contributed by atoms with van der Waals surface area (Å²) in [6.07, 6.45) is 8.66. The summed E-state index contributed by atoms with van der Waals surface area (Å²) in [5.74, 6) is 0. The summed E-state index contributed by atoms with van der Waals surface area (Å²) < 4.78 is 0. The fourth-order valence-corrected chi connectivity index (χ4v) is 2.78. The number of aryl methyl sites for hydroxylation is 2. The Morgan fingerprint density at radius 3 is 1.90 bits per heavy atom. The van der Waals surface area contributed by atoms with Gasteiger partial charge in [0.1, 0.15) is 0 Å². The predicted molar refractivity (Wildman–Crippen MR) is 69.5 cm³/mol. The van der Waals surface area contributed by atoms with Crippen molar-refractivity contribution in [1.29, 1.82) is 0 Å². The molecule has 0 unspecified atom stereocenters. The Morgan fingerprint density at radius 1 is 1.00 bits per heavy atom. The summed E-state index contributed by atoms with van der Waals surface area (Å²) in [5.41, 5.74) is 5.71. The van der Waals surface area contributed by atoms with Crippen molar-refractivity contribution >= 4 is 0 Å². The Morgan fingerprint density at radius 2 is 1.50 bits per heavy atom. The zero-order chi connectivity index (χ0) is 11.8. The van der Waals surface area contributed by atoms with Gasteiger partial charge in [-0.3, -0.25) is 6.08 Å². The standard InChI is InChI=1S/C16H19.3ClH.Ti/c1-12-8-7-9-13(2)15(12)16(3,4)14-10-5-6-11-14;;;;/h5-9H,10H2,1-4H3;3*1H;/q-1;;;;+4/p-3. The van der Waals surface area contributed by atoms with Gasteiger partial charge in [0.2, 0.25) is 0 Å². The summed E-state index contributed by atoms with van der Waals surface area (Å²) in [6, 6.07) is 6.54. The molecule has 0 bridgehead atoms. The van der Waals surface area contributed by atoms with E-state index in [0.29, 0.717) is 0 Å². The first kappa shape index (κ1) is 25.3. The van der Waals surface area contributed by atoms with Crippen molar-refractivity contribution in [2.75, 3.05) is 0 Å². The third-order valence-electron chi connectivity index (χ3n) is 3.56. The monoisotopic (exact) mass is 364 g/mol. The first-order valence-electron chi connectivity index (χ1n) is 5.88. The van der Waals surface area contributed by atoms with Crippen LogP contribution in [0.4, 0.5) is 0 Å². The summed E-state index contributed by atoms with van der Waals surface area (Å²) in [4.78, 5) is 0. The molecule has 0 N–H and O–H groups in total. The molecule has 1 aliphatic rings. The zero-order valence-electron chi connectivity index (χ0n) is 12.2. The molecule has 108 valence electrons. The Bertz CT molecular complexity index is 456. The van der Waals surface area contributed by atoms with Gasteiger partial charge in [-0.2, -0.15) is 5.57 Å². The van der Waals surface area contributed by atoms with Crippen LogP contribution in [-0.2, 0) is 27.1 Å². The molecule has 2 rings (SSSR count). The van der Waals surface area contributed by atoms with Gasteiger partial charge >= 0.3 is 21.7 Å². The van der Waals surface area contributed by atoms with Gasteiger partial charge in [0.05, 0.1) is 0 Å². The maximum atomic E-state index is 3.39. The van der Waals surface area contributed by atoms with Crippen LogP contribution in [0.2, 0.25) is 0 Å². The van der Waals surface area contributed by atoms with E-state index in [1.54, 1.807) is 0 Å². The maximum absolute atomic E-state index is 3.39. The van der Waals surface area contributed by atoms with E-state index >= 15 is 0 Å². The van der Waals surface area contributed by atoms with E-state index in [1.165, 1.54) is 22.3 Å². The SMILES string of the molecule is Cc1cccc(C)c1C(C)(C)C1=[C-]C=CC1.[Cl-].[Cl-].[Cl-].[Ti+4]. The largest absolute Gasteiger partial charge is 4.00 e. The Labute approximate surface area is 156 Å². The van der Waals surface area contributed by atoms with Gasteiger partial charge in [0, 0.05) is 0 Å². The van der Waals surface area contributed by atoms with Crippen LogP contribution in [0.3, 0.4) is 0 Å². The van der Waals surface area contributed by atoms with Gasteiger partial charge < -0.3 is 37.2 Å². The van der Waals surface area contributed by atoms with Crippen LogP contribution < -0.4 is 37.2 Å². The second-order valence-electron chi connectivity index (χ2n) is 5.12. The zero-order valence-corrected chi connectivity index (χ0v) is 16.1. The second-order valence-corrected chi connectivity index (χ2v) is 5.12. The normalized spacial score (nSPS) is 12.3. The number of hydrogen-bond donors (Lipinski definition) is 0. The molecule has 0 spiro atoms. The molecule has 0 saturated carbocycles. The summed E-state index contributed by atoms with van der Waals surface area (Å²) in [5, 5.41) is 0. The Kier molecular flexibility index (Phi) is 12.7. The van der Waals surface area contributed by atoms with Crippen molar-refractivity contribution in [3.05, 3.63) is 58.7 Å². The molecular weight excluding hydrogens is 346 g/mol. The Hall–Kier alpha value is 0.284. The van der Waals surface area contributed by atoms with Crippen LogP contribution >= 0.6 is 0 Å². The third kappa shape index (κ3) is 4.93. The van der Waals surface area contributed by atoms with Crippen LogP contribution in [0.1, 0.15) is 37.0 Å². The van der Waals surface area contributed by atoms with Gasteiger partial charge in [-0.1, -0.05) is 38.5 Å². The number of hydrogen-bond acceptors (Lipinski definition) is 0. The van der Waals surface area contributed by atoms with Crippen molar-refractivity contribution in [2.45, 2.75) is 39.5 Å². The molecule has 1 aromatic rings. The van der Waals surface area contributed by atoms with E-state index in [9.17, 15) is 0 Å². The van der Waals surface area contributed by atoms with Crippen LogP contribution in [0.5, 0.6) is 0 Å². The molecule has 1 aliphatic carbocycles. The van der Waals surface area contributed by atoms with Crippen LogP contribution in [-0.4, -0.2) is 0 Å². The van der Waals surface area contributed by atoms with Gasteiger partial charge in [0.25, 0.3) is 0 Å². The van der Waals surface area contributed by atoms with Crippen molar-refractivity contribution in [3.8, 4) is 0 Å². The predicted octanol–water partition coefficient (Wildman–Crippen LogP) is -4.72. The molecule has 0 saturated heterocycles. The average Bonchev–Trinajstić information content (AvgIpc) is 2.69. The molecule has 0 aliphatic heterocycles. The minimum atomic E-state index is 0. The molecule has 4 heteroatoms. The van der Waals surface area contributed by atoms with E-state index in [-0.39, 0.29) is 64.4 Å². The molecule has 0 aromatic heterocycles. The van der Waals surface area contributed by atoms with Crippen LogP contribution in [0, 0.1) is 19.9 Å². The first-order chi connectivity index (χ1) is 7.53. The average molecular weight is 366 g/mol. The van der Waals surface area contributed by atoms with E-state index in [1.807, 2.05) is 6.08 Å². The Balaban J connectivity index is -0.000000722. The number of benzene rings is 1. The van der Waals surface area contributed by atoms with E-state index in [2.05, 4.69) is 58.0 Å². The maximum Gasteiger partial charge on any atom is 4.00 e. The van der Waals surface area contributed by atoms with E-state index in [0.717, 1.165) is 6.42 Å². The van der Waals surface area contributed by atoms with Crippen molar-refractivity contribution < 1.29 is 58.9 Å². The topological polar surface area (TPSA) is 0 Å². The molecule has 0 nitrogen and oxygen atoms in total. The second kappa shape index (κ2) is 10.1. The van der Waals surface area contributed by atoms with Crippen molar-refractivity contribution in [1.82, 2.24) is 0 Å². The fraction of sp³-hybridized carbons (Fsp3) is 0.375. The van der Waals surface area contributed by atoms with E-state index < -0.39 is 0 Å². The van der Waals surface area contributed by atoms with Crippen molar-refractivity contribution in [2.24, 2.45) is 0 Å². The molecule has 0 fully saturated rings. The van der Waals surface area contributed by atoms with Crippen molar-refractivity contribution in [3.63, 3.8) is 0 Å².